The standard InChI is InChI=1S/C10H8ClN3O/c11-10-4-3-8(6-9(10)7-15)2-1-5-13-14-12/h1-4,6-7H,5H2. The maximum Gasteiger partial charge on any atom is 0.151 e. The minimum absolute atomic E-state index is 0.287. The fourth-order valence-electron chi connectivity index (χ4n) is 1.03. The number of hydrogen-bond acceptors (Lipinski definition) is 2. The van der Waals surface area contributed by atoms with Crippen LogP contribution >= 0.6 is 11.6 Å². The second-order valence-corrected chi connectivity index (χ2v) is 3.12. The number of carbonyl (C=O) groups is 1. The third kappa shape index (κ3) is 3.46. The Balaban J connectivity index is 2.82. The smallest absolute Gasteiger partial charge is 0.151 e. The predicted octanol–water partition coefficient (Wildman–Crippen LogP) is 3.48. The Kier molecular flexibility index (Phi) is 4.41. The van der Waals surface area contributed by atoms with Crippen LogP contribution in [0.25, 0.3) is 16.5 Å². The zero-order valence-electron chi connectivity index (χ0n) is 7.80. The highest BCUT2D eigenvalue weighted by molar-refractivity contribution is 6.33. The average Bonchev–Trinajstić information content (AvgIpc) is 2.26. The van der Waals surface area contributed by atoms with Gasteiger partial charge in [0, 0.05) is 17.0 Å². The van der Waals surface area contributed by atoms with Crippen LogP contribution in [0.15, 0.2) is 29.4 Å². The van der Waals surface area contributed by atoms with Crippen molar-refractivity contribution in [3.63, 3.8) is 0 Å². The molecule has 0 saturated carbocycles. The van der Waals surface area contributed by atoms with Gasteiger partial charge < -0.3 is 0 Å². The van der Waals surface area contributed by atoms with E-state index in [0.29, 0.717) is 16.9 Å². The molecule has 0 atom stereocenters. The lowest BCUT2D eigenvalue weighted by molar-refractivity contribution is 0.112. The van der Waals surface area contributed by atoms with Gasteiger partial charge in [0.05, 0.1) is 5.02 Å². The fraction of sp³-hybridized carbons (Fsp3) is 0.100. The molecule has 0 heterocycles. The quantitative estimate of drug-likeness (QED) is 0.332. The van der Waals surface area contributed by atoms with Crippen LogP contribution in [0.1, 0.15) is 15.9 Å². The van der Waals surface area contributed by atoms with Gasteiger partial charge in [-0.15, -0.1) is 0 Å². The topological polar surface area (TPSA) is 65.8 Å². The van der Waals surface area contributed by atoms with Crippen LogP contribution in [-0.2, 0) is 0 Å². The summed E-state index contributed by atoms with van der Waals surface area (Å²) in [5.74, 6) is 0. The van der Waals surface area contributed by atoms with Gasteiger partial charge in [-0.2, -0.15) is 0 Å². The monoisotopic (exact) mass is 221 g/mol. The van der Waals surface area contributed by atoms with Crippen molar-refractivity contribution in [3.8, 4) is 0 Å². The molecule has 0 aliphatic carbocycles. The first-order chi connectivity index (χ1) is 7.27. The van der Waals surface area contributed by atoms with Gasteiger partial charge in [0.25, 0.3) is 0 Å². The molecule has 0 spiro atoms. The lowest BCUT2D eigenvalue weighted by Gasteiger charge is -1.97. The Morgan fingerprint density at radius 3 is 3.00 bits per heavy atom. The fourth-order valence-corrected chi connectivity index (χ4v) is 1.19. The molecule has 1 aromatic carbocycles. The van der Waals surface area contributed by atoms with Gasteiger partial charge in [-0.05, 0) is 23.2 Å². The minimum Gasteiger partial charge on any atom is -0.298 e. The van der Waals surface area contributed by atoms with Crippen molar-refractivity contribution in [1.82, 2.24) is 0 Å². The van der Waals surface area contributed by atoms with E-state index in [2.05, 4.69) is 10.0 Å². The number of halogens is 1. The summed E-state index contributed by atoms with van der Waals surface area (Å²) in [4.78, 5) is 13.2. The van der Waals surface area contributed by atoms with Gasteiger partial charge in [0.15, 0.2) is 6.29 Å². The van der Waals surface area contributed by atoms with Gasteiger partial charge in [-0.25, -0.2) is 0 Å². The van der Waals surface area contributed by atoms with E-state index in [9.17, 15) is 4.79 Å². The second kappa shape index (κ2) is 5.86. The molecule has 15 heavy (non-hydrogen) atoms. The van der Waals surface area contributed by atoms with Gasteiger partial charge in [-0.1, -0.05) is 34.9 Å². The summed E-state index contributed by atoms with van der Waals surface area (Å²) in [6.45, 7) is 0.287. The number of benzene rings is 1. The molecular weight excluding hydrogens is 214 g/mol. The lowest BCUT2D eigenvalue weighted by Crippen LogP contribution is -1.83. The molecule has 0 bridgehead atoms. The van der Waals surface area contributed by atoms with Gasteiger partial charge >= 0.3 is 0 Å². The zero-order chi connectivity index (χ0) is 11.1. The molecule has 0 N–H and O–H groups in total. The van der Waals surface area contributed by atoms with E-state index in [4.69, 9.17) is 17.1 Å². The van der Waals surface area contributed by atoms with Crippen molar-refractivity contribution < 1.29 is 4.79 Å². The first-order valence-electron chi connectivity index (χ1n) is 4.20. The van der Waals surface area contributed by atoms with E-state index in [1.807, 2.05) is 0 Å². The zero-order valence-corrected chi connectivity index (χ0v) is 8.55. The molecule has 0 saturated heterocycles. The van der Waals surface area contributed by atoms with Crippen molar-refractivity contribution in [1.29, 1.82) is 0 Å². The molecule has 0 unspecified atom stereocenters. The molecule has 0 radical (unpaired) electrons. The Hall–Kier alpha value is -1.77. The summed E-state index contributed by atoms with van der Waals surface area (Å²) in [5.41, 5.74) is 9.33. The van der Waals surface area contributed by atoms with Crippen LogP contribution in [0, 0.1) is 0 Å². The van der Waals surface area contributed by atoms with E-state index in [1.54, 1.807) is 30.4 Å². The normalized spacial score (nSPS) is 9.93. The maximum absolute atomic E-state index is 10.6. The third-order valence-corrected chi connectivity index (χ3v) is 2.05. The molecule has 0 amide bonds. The van der Waals surface area contributed by atoms with Crippen molar-refractivity contribution in [2.45, 2.75) is 0 Å². The summed E-state index contributed by atoms with van der Waals surface area (Å²) < 4.78 is 0. The van der Waals surface area contributed by atoms with E-state index in [-0.39, 0.29) is 6.54 Å². The molecule has 0 aliphatic heterocycles. The third-order valence-electron chi connectivity index (χ3n) is 1.71. The molecule has 4 nitrogen and oxygen atoms in total. The van der Waals surface area contributed by atoms with Crippen molar-refractivity contribution in [3.05, 3.63) is 50.9 Å². The molecular formula is C10H8ClN3O. The number of rotatable bonds is 4. The summed E-state index contributed by atoms with van der Waals surface area (Å²) in [6, 6.07) is 5.10. The van der Waals surface area contributed by atoms with E-state index >= 15 is 0 Å². The largest absolute Gasteiger partial charge is 0.298 e. The van der Waals surface area contributed by atoms with Crippen molar-refractivity contribution >= 4 is 24.0 Å². The van der Waals surface area contributed by atoms with E-state index in [0.717, 1.165) is 5.56 Å². The lowest BCUT2D eigenvalue weighted by atomic mass is 10.1. The first kappa shape index (κ1) is 11.3. The van der Waals surface area contributed by atoms with Crippen LogP contribution in [0.3, 0.4) is 0 Å². The van der Waals surface area contributed by atoms with E-state index in [1.165, 1.54) is 0 Å². The molecule has 0 aliphatic rings. The molecule has 76 valence electrons. The highest BCUT2D eigenvalue weighted by Crippen LogP contribution is 2.16. The Labute approximate surface area is 91.8 Å². The van der Waals surface area contributed by atoms with E-state index < -0.39 is 0 Å². The SMILES string of the molecule is [N-]=[N+]=NCC=Cc1ccc(Cl)c(C=O)c1. The van der Waals surface area contributed by atoms with Crippen LogP contribution in [0.2, 0.25) is 5.02 Å². The number of azide groups is 1. The second-order valence-electron chi connectivity index (χ2n) is 2.71. The summed E-state index contributed by atoms with van der Waals surface area (Å²) >= 11 is 5.76. The van der Waals surface area contributed by atoms with Gasteiger partial charge in [-0.3, -0.25) is 4.79 Å². The van der Waals surface area contributed by atoms with Crippen LogP contribution in [-0.4, -0.2) is 12.8 Å². The highest BCUT2D eigenvalue weighted by Gasteiger charge is 1.98. The number of aldehydes is 1. The van der Waals surface area contributed by atoms with Crippen LogP contribution in [0.5, 0.6) is 0 Å². The Morgan fingerprint density at radius 2 is 2.33 bits per heavy atom. The number of nitrogens with zero attached hydrogens (tertiary/aromatic N) is 3. The molecule has 1 rings (SSSR count). The van der Waals surface area contributed by atoms with Crippen molar-refractivity contribution in [2.75, 3.05) is 6.54 Å². The van der Waals surface area contributed by atoms with Crippen LogP contribution < -0.4 is 0 Å². The maximum atomic E-state index is 10.6. The summed E-state index contributed by atoms with van der Waals surface area (Å²) in [6.07, 6.45) is 4.17. The minimum atomic E-state index is 0.287. The predicted molar refractivity (Wildman–Crippen MR) is 59.9 cm³/mol. The first-order valence-corrected chi connectivity index (χ1v) is 4.58. The summed E-state index contributed by atoms with van der Waals surface area (Å²) in [5, 5.41) is 3.77. The van der Waals surface area contributed by atoms with Gasteiger partial charge in [0.1, 0.15) is 0 Å². The Morgan fingerprint density at radius 1 is 1.53 bits per heavy atom. The average molecular weight is 222 g/mol. The molecule has 5 heteroatoms. The van der Waals surface area contributed by atoms with Crippen molar-refractivity contribution in [2.24, 2.45) is 5.11 Å². The molecule has 1 aromatic rings. The number of carbonyl (C=O) groups excluding carboxylic acids is 1. The van der Waals surface area contributed by atoms with Gasteiger partial charge in [0.2, 0.25) is 0 Å². The number of hydrogen-bond donors (Lipinski definition) is 0. The van der Waals surface area contributed by atoms with Crippen LogP contribution in [0.4, 0.5) is 0 Å². The highest BCUT2D eigenvalue weighted by atomic mass is 35.5. The Bertz CT molecular complexity index is 436. The molecule has 0 fully saturated rings. The molecule has 0 aromatic heterocycles. The summed E-state index contributed by atoms with van der Waals surface area (Å²) in [7, 11) is 0.